The molecule has 0 saturated carbocycles. The van der Waals surface area contributed by atoms with Gasteiger partial charge in [-0.3, -0.25) is 9.97 Å². The summed E-state index contributed by atoms with van der Waals surface area (Å²) in [7, 11) is 0. The molecular formula is C32H22F4N2Ti. The van der Waals surface area contributed by atoms with Crippen LogP contribution in [0.1, 0.15) is 0 Å². The fourth-order valence-corrected chi connectivity index (χ4v) is 2.97. The fourth-order valence-electron chi connectivity index (χ4n) is 2.97. The summed E-state index contributed by atoms with van der Waals surface area (Å²) < 4.78 is 51.5. The standard InChI is InChI=1S/2C11H6F2N.2C5H5.Ti/c2*12-8-4-5-9(10(13)7-8)11-3-1-2-6-14-11;2*1-2-4-5-3-1;/h2*1-6H;2*1-5H;/q4*-1;+4. The number of hydrogen-bond donors (Lipinski definition) is 0. The zero-order chi connectivity index (χ0) is 27.0. The monoisotopic (exact) mass is 558 g/mol. The van der Waals surface area contributed by atoms with Crippen molar-refractivity contribution in [1.82, 2.24) is 9.97 Å². The average Bonchev–Trinajstić information content (AvgIpc) is 3.70. The molecule has 0 aliphatic carbocycles. The van der Waals surface area contributed by atoms with E-state index in [4.69, 9.17) is 0 Å². The molecule has 0 aliphatic rings. The van der Waals surface area contributed by atoms with E-state index < -0.39 is 23.3 Å². The molecule has 192 valence electrons. The second-order valence-corrected chi connectivity index (χ2v) is 7.42. The first-order valence-corrected chi connectivity index (χ1v) is 11.5. The normalized spacial score (nSPS) is 9.33. The van der Waals surface area contributed by atoms with Crippen LogP contribution in [0.5, 0.6) is 0 Å². The maximum atomic E-state index is 13.2. The second-order valence-electron chi connectivity index (χ2n) is 7.42. The van der Waals surface area contributed by atoms with Gasteiger partial charge in [-0.25, -0.2) is 41.8 Å². The number of halogens is 4. The van der Waals surface area contributed by atoms with Crippen molar-refractivity contribution in [2.75, 3.05) is 0 Å². The Bertz CT molecular complexity index is 1290. The molecule has 2 heterocycles. The van der Waals surface area contributed by atoms with Gasteiger partial charge >= 0.3 is 21.7 Å². The second kappa shape index (κ2) is 17.4. The van der Waals surface area contributed by atoms with Gasteiger partial charge in [0.05, 0.1) is 0 Å². The first kappa shape index (κ1) is 31.1. The molecule has 0 saturated heterocycles. The van der Waals surface area contributed by atoms with Gasteiger partial charge in [0, 0.05) is 47.1 Å². The van der Waals surface area contributed by atoms with Crippen LogP contribution in [0.15, 0.2) is 134 Å². The summed E-state index contributed by atoms with van der Waals surface area (Å²) >= 11 is 0. The molecule has 4 aromatic carbocycles. The Morgan fingerprint density at radius 1 is 0.487 bits per heavy atom. The van der Waals surface area contributed by atoms with Crippen LogP contribution in [0, 0.1) is 35.4 Å². The van der Waals surface area contributed by atoms with Gasteiger partial charge in [-0.2, -0.15) is 48.5 Å². The Labute approximate surface area is 240 Å². The van der Waals surface area contributed by atoms with Crippen LogP contribution in [-0.2, 0) is 21.7 Å². The van der Waals surface area contributed by atoms with Crippen molar-refractivity contribution in [3.05, 3.63) is 169 Å². The first-order chi connectivity index (χ1) is 18.5. The molecule has 2 nitrogen and oxygen atoms in total. The zero-order valence-electron chi connectivity index (χ0n) is 20.6. The van der Waals surface area contributed by atoms with Crippen LogP contribution in [0.4, 0.5) is 17.6 Å². The molecule has 0 atom stereocenters. The van der Waals surface area contributed by atoms with Gasteiger partial charge < -0.3 is 0 Å². The van der Waals surface area contributed by atoms with Gasteiger partial charge in [-0.05, 0) is 24.3 Å². The third-order valence-corrected chi connectivity index (χ3v) is 4.72. The summed E-state index contributed by atoms with van der Waals surface area (Å²) in [6.45, 7) is 0. The molecule has 0 aliphatic heterocycles. The van der Waals surface area contributed by atoms with E-state index in [0.717, 1.165) is 12.1 Å². The van der Waals surface area contributed by atoms with E-state index >= 15 is 0 Å². The van der Waals surface area contributed by atoms with Crippen LogP contribution >= 0.6 is 0 Å². The molecule has 6 aromatic rings. The third-order valence-electron chi connectivity index (χ3n) is 4.72. The van der Waals surface area contributed by atoms with Crippen LogP contribution in [-0.4, -0.2) is 9.97 Å². The largest absolute Gasteiger partial charge is 4.00 e. The number of benzene rings is 2. The molecule has 0 bridgehead atoms. The smallest absolute Gasteiger partial charge is 0.269 e. The minimum Gasteiger partial charge on any atom is -0.269 e. The molecule has 0 fully saturated rings. The Hall–Kier alpha value is -4.13. The molecule has 7 heteroatoms. The van der Waals surface area contributed by atoms with E-state index in [0.29, 0.717) is 11.4 Å². The predicted octanol–water partition coefficient (Wildman–Crippen LogP) is 8.46. The van der Waals surface area contributed by atoms with E-state index in [1.54, 1.807) is 48.8 Å². The summed E-state index contributed by atoms with van der Waals surface area (Å²) in [5.41, 5.74) is 1.46. The van der Waals surface area contributed by atoms with Crippen LogP contribution in [0.2, 0.25) is 0 Å². The number of hydrogen-bond acceptors (Lipinski definition) is 2. The predicted molar refractivity (Wildman–Crippen MR) is 141 cm³/mol. The van der Waals surface area contributed by atoms with Crippen LogP contribution in [0.3, 0.4) is 0 Å². The fraction of sp³-hybridized carbons (Fsp3) is 0. The molecule has 0 amide bonds. The number of nitrogens with zero attached hydrogens (tertiary/aromatic N) is 2. The maximum Gasteiger partial charge on any atom is 4.00 e. The van der Waals surface area contributed by atoms with Gasteiger partial charge in [0.2, 0.25) is 0 Å². The summed E-state index contributed by atoms with van der Waals surface area (Å²) in [6, 6.07) is 39.2. The molecule has 6 rings (SSSR count). The van der Waals surface area contributed by atoms with Crippen molar-refractivity contribution in [3.8, 4) is 22.5 Å². The first-order valence-electron chi connectivity index (χ1n) is 11.5. The molecule has 0 N–H and O–H groups in total. The Morgan fingerprint density at radius 2 is 0.872 bits per heavy atom. The quantitative estimate of drug-likeness (QED) is 0.121. The van der Waals surface area contributed by atoms with Crippen LogP contribution in [0.25, 0.3) is 22.5 Å². The third kappa shape index (κ3) is 11.0. The van der Waals surface area contributed by atoms with Gasteiger partial charge in [-0.1, -0.05) is 23.3 Å². The maximum absolute atomic E-state index is 13.2. The summed E-state index contributed by atoms with van der Waals surface area (Å²) in [6.07, 6.45) is 3.11. The van der Waals surface area contributed by atoms with Crippen molar-refractivity contribution in [2.45, 2.75) is 0 Å². The molecule has 0 spiro atoms. The van der Waals surface area contributed by atoms with Crippen LogP contribution < -0.4 is 0 Å². The summed E-state index contributed by atoms with van der Waals surface area (Å²) in [4.78, 5) is 7.91. The zero-order valence-corrected chi connectivity index (χ0v) is 22.2. The summed E-state index contributed by atoms with van der Waals surface area (Å²) in [5, 5.41) is 0. The minimum absolute atomic E-state index is 0. The van der Waals surface area contributed by atoms with E-state index in [9.17, 15) is 17.6 Å². The number of aromatic nitrogens is 2. The van der Waals surface area contributed by atoms with Crippen molar-refractivity contribution in [1.29, 1.82) is 0 Å². The van der Waals surface area contributed by atoms with Gasteiger partial charge in [0.1, 0.15) is 0 Å². The Kier molecular flexibility index (Phi) is 13.9. The Balaban J connectivity index is 0.000000199. The van der Waals surface area contributed by atoms with Crippen molar-refractivity contribution in [2.24, 2.45) is 0 Å². The SMILES string of the molecule is Fc1[c-]c(F)c(-c2ccccn2)cc1.Fc1[c-]c(F)c(-c2ccccn2)cc1.[Ti+4].c1cc[cH-]c1.c1cc[cH-]c1. The van der Waals surface area contributed by atoms with Gasteiger partial charge in [0.25, 0.3) is 0 Å². The number of rotatable bonds is 2. The number of pyridine rings is 2. The topological polar surface area (TPSA) is 25.8 Å². The van der Waals surface area contributed by atoms with Crippen molar-refractivity contribution < 1.29 is 39.3 Å². The van der Waals surface area contributed by atoms with E-state index in [-0.39, 0.29) is 32.8 Å². The minimum atomic E-state index is -0.719. The van der Waals surface area contributed by atoms with E-state index in [1.165, 1.54) is 12.1 Å². The van der Waals surface area contributed by atoms with Gasteiger partial charge in [-0.15, -0.1) is 24.3 Å². The van der Waals surface area contributed by atoms with Crippen molar-refractivity contribution >= 4 is 0 Å². The molecule has 0 radical (unpaired) electrons. The molecule has 2 aromatic heterocycles. The summed E-state index contributed by atoms with van der Waals surface area (Å²) in [5.74, 6) is -2.85. The van der Waals surface area contributed by atoms with E-state index in [2.05, 4.69) is 9.97 Å². The average molecular weight is 558 g/mol. The molecular weight excluding hydrogens is 536 g/mol. The molecule has 39 heavy (non-hydrogen) atoms. The van der Waals surface area contributed by atoms with Gasteiger partial charge in [0.15, 0.2) is 0 Å². The Morgan fingerprint density at radius 3 is 1.13 bits per heavy atom. The van der Waals surface area contributed by atoms with E-state index in [1.807, 2.05) is 72.8 Å². The molecule has 0 unspecified atom stereocenters. The van der Waals surface area contributed by atoms with Crippen molar-refractivity contribution in [3.63, 3.8) is 0 Å².